The van der Waals surface area contributed by atoms with E-state index in [9.17, 15) is 9.59 Å². The van der Waals surface area contributed by atoms with E-state index in [0.717, 1.165) is 19.5 Å². The van der Waals surface area contributed by atoms with Crippen LogP contribution >= 0.6 is 0 Å². The monoisotopic (exact) mass is 435 g/mol. The number of carbonyl (C=O) groups excluding carboxylic acids is 2. The summed E-state index contributed by atoms with van der Waals surface area (Å²) in [5.74, 6) is 0.292. The van der Waals surface area contributed by atoms with Crippen LogP contribution in [0.15, 0.2) is 18.2 Å². The Kier molecular flexibility index (Phi) is 9.74. The van der Waals surface area contributed by atoms with Crippen LogP contribution in [-0.2, 0) is 14.3 Å². The molecule has 1 heterocycles. The summed E-state index contributed by atoms with van der Waals surface area (Å²) in [5.41, 5.74) is 0.936. The lowest BCUT2D eigenvalue weighted by molar-refractivity contribution is -0.119. The van der Waals surface area contributed by atoms with E-state index in [2.05, 4.69) is 31.0 Å². The molecule has 1 aliphatic rings. The van der Waals surface area contributed by atoms with Gasteiger partial charge in [0.15, 0.2) is 0 Å². The number of ether oxygens (including phenoxy) is 3. The number of hydrogen-bond donors (Lipinski definition) is 1. The van der Waals surface area contributed by atoms with Gasteiger partial charge in [-0.25, -0.2) is 0 Å². The fourth-order valence-electron chi connectivity index (χ4n) is 3.86. The fraction of sp³-hybridized carbons (Fsp3) is 0.652. The first-order valence-corrected chi connectivity index (χ1v) is 10.9. The third-order valence-corrected chi connectivity index (χ3v) is 5.64. The van der Waals surface area contributed by atoms with E-state index in [1.165, 1.54) is 7.11 Å². The summed E-state index contributed by atoms with van der Waals surface area (Å²) in [6.07, 6.45) is 0.961. The standard InChI is InChI=1S/C23H37N3O5/c1-7-10-26-12-16(2)21(30-6)13-25(4)23(28)19-11-18(24-22(27)15-29-5)8-9-20(19)31-14-17(26)3/h8-9,11,16-17,21H,7,10,12-15H2,1-6H3,(H,24,27)/t16-,17-,21-/m0/s1. The summed E-state index contributed by atoms with van der Waals surface area (Å²) in [5, 5.41) is 2.75. The molecule has 0 saturated heterocycles. The van der Waals surface area contributed by atoms with Gasteiger partial charge in [-0.05, 0) is 44.0 Å². The molecule has 1 aromatic carbocycles. The van der Waals surface area contributed by atoms with Crippen LogP contribution in [0.2, 0.25) is 0 Å². The molecule has 1 N–H and O–H groups in total. The predicted octanol–water partition coefficient (Wildman–Crippen LogP) is 2.49. The van der Waals surface area contributed by atoms with E-state index >= 15 is 0 Å². The van der Waals surface area contributed by atoms with Crippen LogP contribution in [0.1, 0.15) is 37.6 Å². The van der Waals surface area contributed by atoms with Gasteiger partial charge in [-0.15, -0.1) is 0 Å². The first kappa shape index (κ1) is 25.1. The minimum atomic E-state index is -0.283. The molecule has 0 fully saturated rings. The van der Waals surface area contributed by atoms with Crippen molar-refractivity contribution in [2.75, 3.05) is 59.4 Å². The topological polar surface area (TPSA) is 80.3 Å². The summed E-state index contributed by atoms with van der Waals surface area (Å²) in [4.78, 5) is 29.3. The van der Waals surface area contributed by atoms with Crippen LogP contribution in [0, 0.1) is 5.92 Å². The number of rotatable bonds is 6. The Labute approximate surface area is 185 Å². The number of anilines is 1. The molecule has 0 aromatic heterocycles. The van der Waals surface area contributed by atoms with Crippen molar-refractivity contribution in [2.45, 2.75) is 39.3 Å². The zero-order chi connectivity index (χ0) is 23.0. The lowest BCUT2D eigenvalue weighted by atomic mass is 10.0. The number of hydrogen-bond acceptors (Lipinski definition) is 6. The minimum absolute atomic E-state index is 0.0559. The lowest BCUT2D eigenvalue weighted by Crippen LogP contribution is -2.46. The molecule has 8 nitrogen and oxygen atoms in total. The Balaban J connectivity index is 2.38. The van der Waals surface area contributed by atoms with E-state index in [4.69, 9.17) is 14.2 Å². The highest BCUT2D eigenvalue weighted by atomic mass is 16.5. The van der Waals surface area contributed by atoms with Gasteiger partial charge in [0.1, 0.15) is 19.0 Å². The SMILES string of the molecule is CCCN1C[C@H](C)[C@@H](OC)CN(C)C(=O)c2cc(NC(=O)COC)ccc2OC[C@@H]1C. The van der Waals surface area contributed by atoms with Crippen molar-refractivity contribution in [2.24, 2.45) is 5.92 Å². The van der Waals surface area contributed by atoms with Gasteiger partial charge in [0.25, 0.3) is 5.91 Å². The maximum absolute atomic E-state index is 13.3. The molecule has 8 heteroatoms. The van der Waals surface area contributed by atoms with E-state index in [0.29, 0.717) is 30.2 Å². The van der Waals surface area contributed by atoms with Gasteiger partial charge in [-0.1, -0.05) is 13.8 Å². The van der Waals surface area contributed by atoms with Gasteiger partial charge in [-0.2, -0.15) is 0 Å². The number of nitrogens with one attached hydrogen (secondary N) is 1. The zero-order valence-corrected chi connectivity index (χ0v) is 19.6. The number of methoxy groups -OCH3 is 2. The Morgan fingerprint density at radius 1 is 1.26 bits per heavy atom. The molecule has 2 rings (SSSR count). The molecule has 174 valence electrons. The van der Waals surface area contributed by atoms with Crippen LogP contribution in [0.5, 0.6) is 5.75 Å². The Hall–Kier alpha value is -2.16. The molecule has 31 heavy (non-hydrogen) atoms. The molecule has 1 aliphatic heterocycles. The largest absolute Gasteiger partial charge is 0.491 e. The van der Waals surface area contributed by atoms with Crippen LogP contribution < -0.4 is 10.1 Å². The highest BCUT2D eigenvalue weighted by Crippen LogP contribution is 2.26. The minimum Gasteiger partial charge on any atom is -0.491 e. The first-order valence-electron chi connectivity index (χ1n) is 10.9. The maximum Gasteiger partial charge on any atom is 0.257 e. The predicted molar refractivity (Wildman–Crippen MR) is 121 cm³/mol. The molecular formula is C23H37N3O5. The highest BCUT2D eigenvalue weighted by Gasteiger charge is 2.28. The molecular weight excluding hydrogens is 398 g/mol. The molecule has 0 spiro atoms. The normalized spacial score (nSPS) is 23.4. The van der Waals surface area contributed by atoms with Crippen LogP contribution in [-0.4, -0.2) is 87.9 Å². The maximum atomic E-state index is 13.3. The second-order valence-corrected chi connectivity index (χ2v) is 8.28. The average Bonchev–Trinajstić information content (AvgIpc) is 2.74. The van der Waals surface area contributed by atoms with Gasteiger partial charge in [0.2, 0.25) is 5.91 Å². The van der Waals surface area contributed by atoms with E-state index in [-0.39, 0.29) is 36.5 Å². The van der Waals surface area contributed by atoms with Crippen molar-refractivity contribution in [3.8, 4) is 5.75 Å². The second kappa shape index (κ2) is 12.0. The number of benzene rings is 1. The first-order chi connectivity index (χ1) is 14.8. The molecule has 0 bridgehead atoms. The van der Waals surface area contributed by atoms with Crippen molar-refractivity contribution in [1.82, 2.24) is 9.80 Å². The third-order valence-electron chi connectivity index (χ3n) is 5.64. The highest BCUT2D eigenvalue weighted by molar-refractivity contribution is 5.99. The molecule has 0 aliphatic carbocycles. The molecule has 0 unspecified atom stereocenters. The zero-order valence-electron chi connectivity index (χ0n) is 19.6. The molecule has 3 atom stereocenters. The van der Waals surface area contributed by atoms with Crippen LogP contribution in [0.3, 0.4) is 0 Å². The quantitative estimate of drug-likeness (QED) is 0.740. The Bertz CT molecular complexity index is 742. The summed E-state index contributed by atoms with van der Waals surface area (Å²) < 4.78 is 16.7. The number of fused-ring (bicyclic) bond motifs is 1. The molecule has 0 saturated carbocycles. The van der Waals surface area contributed by atoms with Crippen LogP contribution in [0.25, 0.3) is 0 Å². The van der Waals surface area contributed by atoms with Gasteiger partial charge in [0.05, 0.1) is 11.7 Å². The van der Waals surface area contributed by atoms with Crippen molar-refractivity contribution in [1.29, 1.82) is 0 Å². The van der Waals surface area contributed by atoms with Crippen molar-refractivity contribution >= 4 is 17.5 Å². The van der Waals surface area contributed by atoms with Gasteiger partial charge < -0.3 is 24.4 Å². The lowest BCUT2D eigenvalue weighted by Gasteiger charge is -2.35. The number of carbonyl (C=O) groups is 2. The van der Waals surface area contributed by atoms with Crippen molar-refractivity contribution in [3.63, 3.8) is 0 Å². The number of nitrogens with zero attached hydrogens (tertiary/aromatic N) is 2. The number of likely N-dealkylation sites (N-methyl/N-ethyl adjacent to an activating group) is 1. The molecule has 2 amide bonds. The summed E-state index contributed by atoms with van der Waals surface area (Å²) >= 11 is 0. The van der Waals surface area contributed by atoms with E-state index in [1.54, 1.807) is 37.3 Å². The summed E-state index contributed by atoms with van der Waals surface area (Å²) in [6.45, 7) is 9.18. The average molecular weight is 436 g/mol. The second-order valence-electron chi connectivity index (χ2n) is 8.28. The molecule has 1 aromatic rings. The van der Waals surface area contributed by atoms with Crippen molar-refractivity contribution < 1.29 is 23.8 Å². The third kappa shape index (κ3) is 6.92. The van der Waals surface area contributed by atoms with E-state index < -0.39 is 0 Å². The van der Waals surface area contributed by atoms with E-state index in [1.807, 2.05) is 0 Å². The summed E-state index contributed by atoms with van der Waals surface area (Å²) in [7, 11) is 4.92. The van der Waals surface area contributed by atoms with Crippen LogP contribution in [0.4, 0.5) is 5.69 Å². The Morgan fingerprint density at radius 3 is 2.65 bits per heavy atom. The fourth-order valence-corrected chi connectivity index (χ4v) is 3.86. The van der Waals surface area contributed by atoms with Gasteiger partial charge in [0, 0.05) is 46.1 Å². The summed E-state index contributed by atoms with van der Waals surface area (Å²) in [6, 6.07) is 5.32. The molecule has 0 radical (unpaired) electrons. The Morgan fingerprint density at radius 2 is 2.00 bits per heavy atom. The number of amides is 2. The smallest absolute Gasteiger partial charge is 0.257 e. The van der Waals surface area contributed by atoms with Crippen molar-refractivity contribution in [3.05, 3.63) is 23.8 Å². The van der Waals surface area contributed by atoms with Gasteiger partial charge in [-0.3, -0.25) is 14.5 Å². The van der Waals surface area contributed by atoms with Gasteiger partial charge >= 0.3 is 0 Å².